The highest BCUT2D eigenvalue weighted by molar-refractivity contribution is 7.99. The van der Waals surface area contributed by atoms with Crippen LogP contribution in [0.2, 0.25) is 0 Å². The molecule has 1 aromatic carbocycles. The molecular weight excluding hydrogens is 218 g/mol. The van der Waals surface area contributed by atoms with E-state index in [1.165, 1.54) is 16.7 Å². The first kappa shape index (κ1) is 13.4. The van der Waals surface area contributed by atoms with Crippen molar-refractivity contribution in [2.24, 2.45) is 5.73 Å². The molecule has 0 aliphatic heterocycles. The molecule has 0 saturated carbocycles. The van der Waals surface area contributed by atoms with Gasteiger partial charge in [0.15, 0.2) is 0 Å². The molecule has 0 aliphatic rings. The summed E-state index contributed by atoms with van der Waals surface area (Å²) in [6.45, 7) is 7.83. The summed E-state index contributed by atoms with van der Waals surface area (Å²) in [5, 5.41) is 0. The molecule has 2 nitrogen and oxygen atoms in total. The highest BCUT2D eigenvalue weighted by atomic mass is 32.2. The minimum Gasteiger partial charge on any atom is -0.492 e. The highest BCUT2D eigenvalue weighted by Crippen LogP contribution is 2.25. The Kier molecular flexibility index (Phi) is 5.71. The van der Waals surface area contributed by atoms with E-state index < -0.39 is 0 Å². The van der Waals surface area contributed by atoms with E-state index in [0.29, 0.717) is 0 Å². The molecule has 0 unspecified atom stereocenters. The Morgan fingerprint density at radius 3 is 2.50 bits per heavy atom. The van der Waals surface area contributed by atoms with Gasteiger partial charge in [-0.2, -0.15) is 11.8 Å². The maximum Gasteiger partial charge on any atom is 0.125 e. The van der Waals surface area contributed by atoms with Crippen LogP contribution in [0, 0.1) is 20.8 Å². The lowest BCUT2D eigenvalue weighted by atomic mass is 10.1. The van der Waals surface area contributed by atoms with Gasteiger partial charge in [-0.05, 0) is 37.5 Å². The number of thioether (sulfide) groups is 1. The number of rotatable bonds is 6. The second-order valence-electron chi connectivity index (χ2n) is 3.90. The van der Waals surface area contributed by atoms with Crippen molar-refractivity contribution in [3.63, 3.8) is 0 Å². The van der Waals surface area contributed by atoms with Gasteiger partial charge in [-0.15, -0.1) is 0 Å². The van der Waals surface area contributed by atoms with Crippen molar-refractivity contribution in [2.75, 3.05) is 24.7 Å². The van der Waals surface area contributed by atoms with Crippen molar-refractivity contribution in [1.29, 1.82) is 0 Å². The first-order valence-electron chi connectivity index (χ1n) is 5.64. The molecule has 1 aromatic rings. The lowest BCUT2D eigenvalue weighted by molar-refractivity contribution is 0.339. The van der Waals surface area contributed by atoms with E-state index in [2.05, 4.69) is 32.9 Å². The Bertz CT molecular complexity index is 339. The van der Waals surface area contributed by atoms with Gasteiger partial charge in [-0.25, -0.2) is 0 Å². The molecule has 0 fully saturated rings. The Morgan fingerprint density at radius 1 is 1.12 bits per heavy atom. The first-order valence-corrected chi connectivity index (χ1v) is 6.79. The average molecular weight is 239 g/mol. The largest absolute Gasteiger partial charge is 0.492 e. The maximum absolute atomic E-state index is 5.83. The van der Waals surface area contributed by atoms with Crippen LogP contribution in [-0.4, -0.2) is 24.7 Å². The van der Waals surface area contributed by atoms with Crippen molar-refractivity contribution in [3.8, 4) is 5.75 Å². The predicted octanol–water partition coefficient (Wildman–Crippen LogP) is 2.68. The summed E-state index contributed by atoms with van der Waals surface area (Å²) in [5.74, 6) is 3.06. The highest BCUT2D eigenvalue weighted by Gasteiger charge is 2.05. The molecule has 1 rings (SSSR count). The zero-order valence-electron chi connectivity index (χ0n) is 10.4. The molecule has 0 heterocycles. The molecule has 3 heteroatoms. The fourth-order valence-corrected chi connectivity index (χ4v) is 2.11. The Labute approximate surface area is 103 Å². The number of ether oxygens (including phenoxy) is 1. The molecule has 16 heavy (non-hydrogen) atoms. The Balaban J connectivity index is 2.50. The molecular formula is C13H21NOS. The van der Waals surface area contributed by atoms with Crippen LogP contribution in [0.5, 0.6) is 5.75 Å². The Hall–Kier alpha value is -0.670. The van der Waals surface area contributed by atoms with Crippen molar-refractivity contribution >= 4 is 11.8 Å². The topological polar surface area (TPSA) is 35.2 Å². The van der Waals surface area contributed by atoms with Gasteiger partial charge in [-0.3, -0.25) is 0 Å². The van der Waals surface area contributed by atoms with E-state index in [4.69, 9.17) is 10.5 Å². The molecule has 0 radical (unpaired) electrons. The summed E-state index contributed by atoms with van der Waals surface area (Å²) in [5.41, 5.74) is 9.18. The molecule has 0 bridgehead atoms. The van der Waals surface area contributed by atoms with Crippen molar-refractivity contribution in [3.05, 3.63) is 28.8 Å². The molecule has 0 aliphatic carbocycles. The van der Waals surface area contributed by atoms with E-state index in [-0.39, 0.29) is 0 Å². The quantitative estimate of drug-likeness (QED) is 0.775. The molecule has 2 N–H and O–H groups in total. The van der Waals surface area contributed by atoms with E-state index in [9.17, 15) is 0 Å². The van der Waals surface area contributed by atoms with Gasteiger partial charge >= 0.3 is 0 Å². The van der Waals surface area contributed by atoms with Gasteiger partial charge in [0.1, 0.15) is 5.75 Å². The SMILES string of the molecule is Cc1ccc(C)c(OCCSCCN)c1C. The summed E-state index contributed by atoms with van der Waals surface area (Å²) >= 11 is 1.84. The second kappa shape index (κ2) is 6.81. The third kappa shape index (κ3) is 3.72. The van der Waals surface area contributed by atoms with Crippen LogP contribution in [0.25, 0.3) is 0 Å². The number of aryl methyl sites for hydroxylation is 2. The van der Waals surface area contributed by atoms with Crippen LogP contribution >= 0.6 is 11.8 Å². The van der Waals surface area contributed by atoms with Crippen LogP contribution in [0.1, 0.15) is 16.7 Å². The molecule has 0 saturated heterocycles. The van der Waals surface area contributed by atoms with Crippen LogP contribution in [0.3, 0.4) is 0 Å². The van der Waals surface area contributed by atoms with Gasteiger partial charge < -0.3 is 10.5 Å². The number of hydrogen-bond donors (Lipinski definition) is 1. The number of nitrogens with two attached hydrogens (primary N) is 1. The lowest BCUT2D eigenvalue weighted by Gasteiger charge is -2.13. The normalized spacial score (nSPS) is 10.5. The fourth-order valence-electron chi connectivity index (χ4n) is 1.54. The second-order valence-corrected chi connectivity index (χ2v) is 5.13. The van der Waals surface area contributed by atoms with E-state index in [1.54, 1.807) is 0 Å². The standard InChI is InChI=1S/C13H21NOS/c1-10-4-5-11(2)13(12(10)3)15-7-9-16-8-6-14/h4-5H,6-9,14H2,1-3H3. The lowest BCUT2D eigenvalue weighted by Crippen LogP contribution is -2.07. The fraction of sp³-hybridized carbons (Fsp3) is 0.538. The Morgan fingerprint density at radius 2 is 1.81 bits per heavy atom. The molecule has 0 aromatic heterocycles. The maximum atomic E-state index is 5.83. The van der Waals surface area contributed by atoms with Crippen molar-refractivity contribution in [1.82, 2.24) is 0 Å². The third-order valence-corrected chi connectivity index (χ3v) is 3.59. The summed E-state index contributed by atoms with van der Waals surface area (Å²) in [4.78, 5) is 0. The van der Waals surface area contributed by atoms with E-state index in [0.717, 1.165) is 30.4 Å². The zero-order chi connectivity index (χ0) is 12.0. The summed E-state index contributed by atoms with van der Waals surface area (Å²) < 4.78 is 5.83. The summed E-state index contributed by atoms with van der Waals surface area (Å²) in [6.07, 6.45) is 0. The smallest absolute Gasteiger partial charge is 0.125 e. The van der Waals surface area contributed by atoms with Crippen LogP contribution in [0.4, 0.5) is 0 Å². The molecule has 90 valence electrons. The predicted molar refractivity (Wildman–Crippen MR) is 72.5 cm³/mol. The van der Waals surface area contributed by atoms with Gasteiger partial charge in [-0.1, -0.05) is 12.1 Å². The zero-order valence-corrected chi connectivity index (χ0v) is 11.2. The average Bonchev–Trinajstić information content (AvgIpc) is 2.28. The third-order valence-electron chi connectivity index (χ3n) is 2.61. The minimum atomic E-state index is 0.743. The van der Waals surface area contributed by atoms with E-state index in [1.807, 2.05) is 11.8 Å². The monoisotopic (exact) mass is 239 g/mol. The first-order chi connectivity index (χ1) is 7.66. The summed E-state index contributed by atoms with van der Waals surface area (Å²) in [7, 11) is 0. The van der Waals surface area contributed by atoms with Gasteiger partial charge in [0, 0.05) is 18.1 Å². The van der Waals surface area contributed by atoms with Crippen LogP contribution < -0.4 is 10.5 Å². The summed E-state index contributed by atoms with van der Waals surface area (Å²) in [6, 6.07) is 4.26. The van der Waals surface area contributed by atoms with Crippen LogP contribution in [-0.2, 0) is 0 Å². The number of benzene rings is 1. The molecule has 0 atom stereocenters. The van der Waals surface area contributed by atoms with E-state index >= 15 is 0 Å². The minimum absolute atomic E-state index is 0.743. The number of hydrogen-bond acceptors (Lipinski definition) is 3. The van der Waals surface area contributed by atoms with Crippen LogP contribution in [0.15, 0.2) is 12.1 Å². The van der Waals surface area contributed by atoms with Gasteiger partial charge in [0.05, 0.1) is 6.61 Å². The van der Waals surface area contributed by atoms with Crippen molar-refractivity contribution in [2.45, 2.75) is 20.8 Å². The van der Waals surface area contributed by atoms with Crippen molar-refractivity contribution < 1.29 is 4.74 Å². The van der Waals surface area contributed by atoms with Gasteiger partial charge in [0.25, 0.3) is 0 Å². The molecule has 0 amide bonds. The van der Waals surface area contributed by atoms with Gasteiger partial charge in [0.2, 0.25) is 0 Å². The molecule has 0 spiro atoms.